The summed E-state index contributed by atoms with van der Waals surface area (Å²) in [5, 5.41) is 0.812. The van der Waals surface area contributed by atoms with E-state index in [1.165, 1.54) is 22.2 Å². The van der Waals surface area contributed by atoms with Crippen LogP contribution in [0.15, 0.2) is 23.3 Å². The van der Waals surface area contributed by atoms with Gasteiger partial charge in [-0.3, -0.25) is 14.2 Å². The van der Waals surface area contributed by atoms with Crippen LogP contribution in [0.25, 0.3) is 20.3 Å². The fourth-order valence-electron chi connectivity index (χ4n) is 2.55. The summed E-state index contributed by atoms with van der Waals surface area (Å²) in [6.07, 6.45) is 1.14. The summed E-state index contributed by atoms with van der Waals surface area (Å²) in [5.41, 5.74) is 0.310. The Hall–Kier alpha value is -2.61. The minimum atomic E-state index is -0.470. The van der Waals surface area contributed by atoms with Crippen molar-refractivity contribution in [2.24, 2.45) is 0 Å². The van der Waals surface area contributed by atoms with Gasteiger partial charge in [-0.25, -0.2) is 4.98 Å². The van der Waals surface area contributed by atoms with Crippen molar-refractivity contribution < 1.29 is 19.0 Å². The van der Waals surface area contributed by atoms with Crippen LogP contribution >= 0.6 is 11.3 Å². The van der Waals surface area contributed by atoms with E-state index < -0.39 is 5.97 Å². The predicted octanol–water partition coefficient (Wildman–Crippen LogP) is 2.58. The minimum Gasteiger partial charge on any atom is -0.493 e. The van der Waals surface area contributed by atoms with Crippen molar-refractivity contribution in [1.82, 2.24) is 9.55 Å². The van der Waals surface area contributed by atoms with Gasteiger partial charge in [0.15, 0.2) is 11.5 Å². The lowest BCUT2D eigenvalue weighted by atomic mass is 10.2. The number of hydrogen-bond donors (Lipinski definition) is 0. The minimum absolute atomic E-state index is 0.166. The first-order valence-corrected chi connectivity index (χ1v) is 8.49. The van der Waals surface area contributed by atoms with Crippen LogP contribution in [0.5, 0.6) is 11.5 Å². The van der Waals surface area contributed by atoms with Crippen LogP contribution in [-0.4, -0.2) is 35.8 Å². The van der Waals surface area contributed by atoms with Gasteiger partial charge in [0.1, 0.15) is 11.2 Å². The van der Waals surface area contributed by atoms with Crippen molar-refractivity contribution in [2.45, 2.75) is 26.5 Å². The molecule has 0 saturated carbocycles. The van der Waals surface area contributed by atoms with Gasteiger partial charge < -0.3 is 14.2 Å². The molecule has 0 atom stereocenters. The Morgan fingerprint density at radius 2 is 1.92 bits per heavy atom. The van der Waals surface area contributed by atoms with Crippen molar-refractivity contribution in [2.75, 3.05) is 14.2 Å². The van der Waals surface area contributed by atoms with Crippen molar-refractivity contribution in [3.05, 3.63) is 28.8 Å². The Morgan fingerprint density at radius 3 is 2.56 bits per heavy atom. The van der Waals surface area contributed by atoms with Crippen LogP contribution in [0, 0.1) is 0 Å². The van der Waals surface area contributed by atoms with E-state index in [1.807, 2.05) is 6.07 Å². The zero-order chi connectivity index (χ0) is 18.1. The third kappa shape index (κ3) is 3.17. The van der Waals surface area contributed by atoms with Gasteiger partial charge in [-0.15, -0.1) is 11.3 Å². The van der Waals surface area contributed by atoms with E-state index >= 15 is 0 Å². The highest BCUT2D eigenvalue weighted by Crippen LogP contribution is 2.38. The maximum absolute atomic E-state index is 12.7. The summed E-state index contributed by atoms with van der Waals surface area (Å²) < 4.78 is 18.3. The number of hydrogen-bond acceptors (Lipinski definition) is 7. The topological polar surface area (TPSA) is 79.7 Å². The lowest BCUT2D eigenvalue weighted by molar-refractivity contribution is -0.148. The molecule has 0 amide bonds. The lowest BCUT2D eigenvalue weighted by Gasteiger charge is -2.09. The van der Waals surface area contributed by atoms with Gasteiger partial charge in [-0.2, -0.15) is 0 Å². The molecule has 2 heterocycles. The number of thiophene rings is 1. The Balaban J connectivity index is 2.11. The molecule has 0 aliphatic heterocycles. The molecule has 132 valence electrons. The molecule has 0 radical (unpaired) electrons. The molecule has 0 saturated heterocycles. The number of carbonyl (C=O) groups is 1. The summed E-state index contributed by atoms with van der Waals surface area (Å²) in [7, 11) is 3.11. The largest absolute Gasteiger partial charge is 0.493 e. The first-order valence-electron chi connectivity index (χ1n) is 7.67. The van der Waals surface area contributed by atoms with Crippen LogP contribution in [0.4, 0.5) is 0 Å². The van der Waals surface area contributed by atoms with Gasteiger partial charge in [0.2, 0.25) is 0 Å². The highest BCUT2D eigenvalue weighted by atomic mass is 32.1. The van der Waals surface area contributed by atoms with Crippen LogP contribution in [0.2, 0.25) is 0 Å². The number of carbonyl (C=O) groups excluding carboxylic acids is 1. The molecular weight excluding hydrogens is 344 g/mol. The molecule has 7 nitrogen and oxygen atoms in total. The molecule has 0 N–H and O–H groups in total. The molecule has 0 fully saturated rings. The summed E-state index contributed by atoms with van der Waals surface area (Å²) in [4.78, 5) is 28.9. The van der Waals surface area contributed by atoms with E-state index in [0.29, 0.717) is 21.7 Å². The first kappa shape index (κ1) is 17.2. The highest BCUT2D eigenvalue weighted by Gasteiger charge is 2.16. The molecule has 0 aliphatic rings. The maximum Gasteiger partial charge on any atom is 0.326 e. The van der Waals surface area contributed by atoms with E-state index in [0.717, 1.165) is 10.1 Å². The monoisotopic (exact) mass is 362 g/mol. The highest BCUT2D eigenvalue weighted by molar-refractivity contribution is 7.25. The summed E-state index contributed by atoms with van der Waals surface area (Å²) in [5.74, 6) is 0.686. The molecule has 0 spiro atoms. The zero-order valence-electron chi connectivity index (χ0n) is 14.4. The zero-order valence-corrected chi connectivity index (χ0v) is 15.2. The van der Waals surface area contributed by atoms with Gasteiger partial charge in [-0.1, -0.05) is 0 Å². The molecule has 1 aromatic carbocycles. The van der Waals surface area contributed by atoms with E-state index in [1.54, 1.807) is 34.1 Å². The van der Waals surface area contributed by atoms with Crippen molar-refractivity contribution in [3.63, 3.8) is 0 Å². The molecule has 25 heavy (non-hydrogen) atoms. The summed E-state index contributed by atoms with van der Waals surface area (Å²) in [6, 6.07) is 3.62. The molecule has 3 rings (SSSR count). The quantitative estimate of drug-likeness (QED) is 0.649. The fourth-order valence-corrected chi connectivity index (χ4v) is 3.66. The Kier molecular flexibility index (Phi) is 4.63. The van der Waals surface area contributed by atoms with E-state index in [9.17, 15) is 9.59 Å². The van der Waals surface area contributed by atoms with Crippen LogP contribution in [-0.2, 0) is 16.1 Å². The number of esters is 1. The number of fused-ring (bicyclic) bond motifs is 3. The van der Waals surface area contributed by atoms with Gasteiger partial charge in [-0.05, 0) is 19.9 Å². The van der Waals surface area contributed by atoms with Gasteiger partial charge in [0, 0.05) is 16.2 Å². The number of benzene rings is 1. The van der Waals surface area contributed by atoms with Crippen molar-refractivity contribution in [1.29, 1.82) is 0 Å². The number of methoxy groups -OCH3 is 2. The predicted molar refractivity (Wildman–Crippen MR) is 95.7 cm³/mol. The average molecular weight is 362 g/mol. The van der Waals surface area contributed by atoms with Crippen LogP contribution in [0.3, 0.4) is 0 Å². The van der Waals surface area contributed by atoms with Crippen LogP contribution in [0.1, 0.15) is 13.8 Å². The Bertz CT molecular complexity index is 1010. The molecule has 3 aromatic rings. The van der Waals surface area contributed by atoms with Gasteiger partial charge >= 0.3 is 5.97 Å². The standard InChI is InChI=1S/C17H18N2O5S/c1-9(2)24-14(20)7-19-8-18-15-10-5-11(22-3)12(23-4)6-13(10)25-16(15)17(19)21/h5-6,8-9H,7H2,1-4H3. The number of nitrogens with zero attached hydrogens (tertiary/aromatic N) is 2. The van der Waals surface area contributed by atoms with Gasteiger partial charge in [0.25, 0.3) is 5.56 Å². The molecule has 0 bridgehead atoms. The van der Waals surface area contributed by atoms with Crippen LogP contribution < -0.4 is 15.0 Å². The normalized spacial score (nSPS) is 11.2. The average Bonchev–Trinajstić information content (AvgIpc) is 2.93. The first-order chi connectivity index (χ1) is 11.9. The van der Waals surface area contributed by atoms with E-state index in [2.05, 4.69) is 4.98 Å². The lowest BCUT2D eigenvalue weighted by Crippen LogP contribution is -2.26. The Labute approximate surface area is 147 Å². The second-order valence-electron chi connectivity index (χ2n) is 5.70. The SMILES string of the molecule is COc1cc2sc3c(=O)n(CC(=O)OC(C)C)cnc3c2cc1OC. The van der Waals surface area contributed by atoms with Crippen molar-refractivity contribution >= 4 is 37.6 Å². The smallest absolute Gasteiger partial charge is 0.326 e. The molecule has 2 aromatic heterocycles. The van der Waals surface area contributed by atoms with E-state index in [4.69, 9.17) is 14.2 Å². The molecule has 0 aliphatic carbocycles. The van der Waals surface area contributed by atoms with E-state index in [-0.39, 0.29) is 18.2 Å². The summed E-state index contributed by atoms with van der Waals surface area (Å²) >= 11 is 1.31. The third-order valence-corrected chi connectivity index (χ3v) is 4.75. The molecule has 0 unspecified atom stereocenters. The molecule has 8 heteroatoms. The van der Waals surface area contributed by atoms with Gasteiger partial charge in [0.05, 0.1) is 32.2 Å². The summed E-state index contributed by atoms with van der Waals surface area (Å²) in [6.45, 7) is 3.35. The number of ether oxygens (including phenoxy) is 3. The number of aromatic nitrogens is 2. The number of rotatable bonds is 5. The molecular formula is C17H18N2O5S. The second-order valence-corrected chi connectivity index (χ2v) is 6.75. The second kappa shape index (κ2) is 6.72. The third-order valence-electron chi connectivity index (χ3n) is 3.62. The Morgan fingerprint density at radius 1 is 1.24 bits per heavy atom. The van der Waals surface area contributed by atoms with Crippen molar-refractivity contribution in [3.8, 4) is 11.5 Å². The maximum atomic E-state index is 12.7. The fraction of sp³-hybridized carbons (Fsp3) is 0.353.